The largest absolute Gasteiger partial charge is 0.391 e. The molecule has 3 heterocycles. The lowest BCUT2D eigenvalue weighted by atomic mass is 9.96. The smallest absolute Gasteiger partial charge is 0.349 e. The highest BCUT2D eigenvalue weighted by Crippen LogP contribution is 2.34. The van der Waals surface area contributed by atoms with E-state index in [1.807, 2.05) is 0 Å². The Labute approximate surface area is 119 Å². The third-order valence-corrected chi connectivity index (χ3v) is 3.90. The number of aromatic nitrogens is 2. The van der Waals surface area contributed by atoms with Gasteiger partial charge in [0.05, 0.1) is 17.6 Å². The summed E-state index contributed by atoms with van der Waals surface area (Å²) in [5, 5.41) is 0.860. The highest BCUT2D eigenvalue weighted by molar-refractivity contribution is 5.97. The number of pyridine rings is 1. The zero-order valence-corrected chi connectivity index (χ0v) is 11.2. The number of aromatic amines is 1. The summed E-state index contributed by atoms with van der Waals surface area (Å²) in [4.78, 5) is 20.7. The van der Waals surface area contributed by atoms with E-state index in [0.29, 0.717) is 5.69 Å². The molecule has 4 nitrogen and oxygen atoms in total. The lowest BCUT2D eigenvalue weighted by molar-refractivity contribution is -0.183. The van der Waals surface area contributed by atoms with Crippen molar-refractivity contribution in [1.29, 1.82) is 0 Å². The second kappa shape index (κ2) is 5.05. The van der Waals surface area contributed by atoms with E-state index in [1.165, 1.54) is 4.90 Å². The number of nitrogens with one attached hydrogen (secondary N) is 1. The van der Waals surface area contributed by atoms with Gasteiger partial charge in [0.15, 0.2) is 0 Å². The Morgan fingerprint density at radius 1 is 1.33 bits per heavy atom. The normalized spacial score (nSPS) is 17.4. The molecule has 0 radical (unpaired) electrons. The van der Waals surface area contributed by atoms with Gasteiger partial charge in [-0.1, -0.05) is 0 Å². The molecule has 1 amide bonds. The summed E-state index contributed by atoms with van der Waals surface area (Å²) in [6, 6.07) is 3.48. The van der Waals surface area contributed by atoms with Crippen molar-refractivity contribution in [2.75, 3.05) is 13.1 Å². The zero-order valence-electron chi connectivity index (χ0n) is 11.2. The molecule has 1 aliphatic heterocycles. The molecule has 0 spiro atoms. The lowest BCUT2D eigenvalue weighted by Crippen LogP contribution is -2.42. The Hall–Kier alpha value is -2.05. The first-order valence-corrected chi connectivity index (χ1v) is 6.74. The molecule has 112 valence electrons. The van der Waals surface area contributed by atoms with E-state index in [1.54, 1.807) is 24.5 Å². The van der Waals surface area contributed by atoms with E-state index in [0.717, 1.165) is 10.9 Å². The first-order chi connectivity index (χ1) is 9.95. The molecule has 0 saturated carbocycles. The van der Waals surface area contributed by atoms with Crippen LogP contribution in [0.1, 0.15) is 23.3 Å². The molecule has 0 aromatic carbocycles. The second-order valence-corrected chi connectivity index (χ2v) is 5.25. The SMILES string of the molecule is O=C(c1cc2ccncc2[nH]1)N1CCC(C(F)(F)F)CC1. The third kappa shape index (κ3) is 2.72. The quantitative estimate of drug-likeness (QED) is 0.879. The molecule has 0 atom stereocenters. The van der Waals surface area contributed by atoms with Crippen molar-refractivity contribution < 1.29 is 18.0 Å². The molecule has 7 heteroatoms. The van der Waals surface area contributed by atoms with Gasteiger partial charge in [0.1, 0.15) is 5.69 Å². The van der Waals surface area contributed by atoms with Gasteiger partial charge < -0.3 is 9.88 Å². The van der Waals surface area contributed by atoms with Gasteiger partial charge >= 0.3 is 6.18 Å². The highest BCUT2D eigenvalue weighted by atomic mass is 19.4. The maximum atomic E-state index is 12.6. The maximum Gasteiger partial charge on any atom is 0.391 e. The highest BCUT2D eigenvalue weighted by Gasteiger charge is 2.41. The molecule has 1 N–H and O–H groups in total. The second-order valence-electron chi connectivity index (χ2n) is 5.25. The molecule has 0 aliphatic carbocycles. The fourth-order valence-corrected chi connectivity index (χ4v) is 2.67. The number of likely N-dealkylation sites (tertiary alicyclic amines) is 1. The number of rotatable bonds is 1. The number of nitrogens with zero attached hydrogens (tertiary/aromatic N) is 2. The number of alkyl halides is 3. The number of carbonyl (C=O) groups is 1. The van der Waals surface area contributed by atoms with Gasteiger partial charge in [-0.25, -0.2) is 0 Å². The Morgan fingerprint density at radius 3 is 2.67 bits per heavy atom. The first-order valence-electron chi connectivity index (χ1n) is 6.74. The summed E-state index contributed by atoms with van der Waals surface area (Å²) in [7, 11) is 0. The van der Waals surface area contributed by atoms with Crippen molar-refractivity contribution in [2.45, 2.75) is 19.0 Å². The summed E-state index contributed by atoms with van der Waals surface area (Å²) in [5.41, 5.74) is 1.13. The van der Waals surface area contributed by atoms with Crippen molar-refractivity contribution in [3.8, 4) is 0 Å². The number of H-pyrrole nitrogens is 1. The first kappa shape index (κ1) is 13.9. The fourth-order valence-electron chi connectivity index (χ4n) is 2.67. The number of fused-ring (bicyclic) bond motifs is 1. The Kier molecular flexibility index (Phi) is 3.35. The van der Waals surface area contributed by atoms with Crippen LogP contribution in [0.2, 0.25) is 0 Å². The molecule has 1 saturated heterocycles. The average Bonchev–Trinajstić information content (AvgIpc) is 2.89. The standard InChI is InChI=1S/C14H14F3N3O/c15-14(16,17)10-2-5-20(6-3-10)13(21)11-7-9-1-4-18-8-12(9)19-11/h1,4,7-8,10,19H,2-3,5-6H2. The van der Waals surface area contributed by atoms with E-state index < -0.39 is 12.1 Å². The summed E-state index contributed by atoms with van der Waals surface area (Å²) >= 11 is 0. The predicted octanol–water partition coefficient (Wildman–Crippen LogP) is 2.98. The predicted molar refractivity (Wildman–Crippen MR) is 70.8 cm³/mol. The zero-order chi connectivity index (χ0) is 15.0. The van der Waals surface area contributed by atoms with Crippen molar-refractivity contribution in [3.63, 3.8) is 0 Å². The van der Waals surface area contributed by atoms with Gasteiger partial charge in [-0.05, 0) is 25.0 Å². The Balaban J connectivity index is 1.72. The minimum Gasteiger partial charge on any atom is -0.349 e. The van der Waals surface area contributed by atoms with Gasteiger partial charge in [0, 0.05) is 24.7 Å². The minimum atomic E-state index is -4.16. The van der Waals surface area contributed by atoms with Gasteiger partial charge in [-0.2, -0.15) is 13.2 Å². The van der Waals surface area contributed by atoms with E-state index in [9.17, 15) is 18.0 Å². The van der Waals surface area contributed by atoms with Crippen molar-refractivity contribution >= 4 is 16.8 Å². The Bertz CT molecular complexity index is 624. The van der Waals surface area contributed by atoms with E-state index in [4.69, 9.17) is 0 Å². The molecular formula is C14H14F3N3O. The molecule has 1 fully saturated rings. The number of amides is 1. The van der Waals surface area contributed by atoms with Gasteiger partial charge in [-0.3, -0.25) is 9.78 Å². The number of carbonyl (C=O) groups excluding carboxylic acids is 1. The van der Waals surface area contributed by atoms with Crippen LogP contribution in [0.3, 0.4) is 0 Å². The summed E-state index contributed by atoms with van der Waals surface area (Å²) in [6.45, 7) is 0.271. The Morgan fingerprint density at radius 2 is 2.05 bits per heavy atom. The lowest BCUT2D eigenvalue weighted by Gasteiger charge is -2.32. The minimum absolute atomic E-state index is 0.0307. The van der Waals surface area contributed by atoms with Crippen LogP contribution in [-0.4, -0.2) is 40.0 Å². The molecule has 21 heavy (non-hydrogen) atoms. The van der Waals surface area contributed by atoms with Gasteiger partial charge in [0.2, 0.25) is 0 Å². The molecule has 0 bridgehead atoms. The molecule has 0 unspecified atom stereocenters. The van der Waals surface area contributed by atoms with Crippen LogP contribution in [0.15, 0.2) is 24.5 Å². The van der Waals surface area contributed by atoms with Gasteiger partial charge in [-0.15, -0.1) is 0 Å². The van der Waals surface area contributed by atoms with E-state index in [-0.39, 0.29) is 31.8 Å². The van der Waals surface area contributed by atoms with Crippen LogP contribution in [0.4, 0.5) is 13.2 Å². The summed E-state index contributed by atoms with van der Waals surface area (Å²) < 4.78 is 37.8. The van der Waals surface area contributed by atoms with Crippen LogP contribution >= 0.6 is 0 Å². The van der Waals surface area contributed by atoms with Crippen molar-refractivity contribution in [2.24, 2.45) is 5.92 Å². The van der Waals surface area contributed by atoms with Crippen LogP contribution < -0.4 is 0 Å². The van der Waals surface area contributed by atoms with Crippen LogP contribution in [-0.2, 0) is 0 Å². The van der Waals surface area contributed by atoms with Crippen molar-refractivity contribution in [1.82, 2.24) is 14.9 Å². The fraction of sp³-hybridized carbons (Fsp3) is 0.429. The number of piperidine rings is 1. The van der Waals surface area contributed by atoms with Crippen molar-refractivity contribution in [3.05, 3.63) is 30.2 Å². The topological polar surface area (TPSA) is 49.0 Å². The maximum absolute atomic E-state index is 12.6. The number of hydrogen-bond acceptors (Lipinski definition) is 2. The van der Waals surface area contributed by atoms with Crippen LogP contribution in [0.25, 0.3) is 10.9 Å². The molecule has 3 rings (SSSR count). The number of halogens is 3. The van der Waals surface area contributed by atoms with Crippen LogP contribution in [0.5, 0.6) is 0 Å². The van der Waals surface area contributed by atoms with E-state index >= 15 is 0 Å². The monoisotopic (exact) mass is 297 g/mol. The van der Waals surface area contributed by atoms with E-state index in [2.05, 4.69) is 9.97 Å². The summed E-state index contributed by atoms with van der Waals surface area (Å²) in [6.07, 6.45) is -0.989. The number of hydrogen-bond donors (Lipinski definition) is 1. The molecule has 2 aromatic heterocycles. The molecular weight excluding hydrogens is 283 g/mol. The molecule has 2 aromatic rings. The van der Waals surface area contributed by atoms with Crippen LogP contribution in [0, 0.1) is 5.92 Å². The van der Waals surface area contributed by atoms with Gasteiger partial charge in [0.25, 0.3) is 5.91 Å². The average molecular weight is 297 g/mol. The third-order valence-electron chi connectivity index (χ3n) is 3.90. The summed E-state index contributed by atoms with van der Waals surface area (Å²) in [5.74, 6) is -1.56. The molecule has 1 aliphatic rings.